The summed E-state index contributed by atoms with van der Waals surface area (Å²) >= 11 is 3.09. The Bertz CT molecular complexity index is 989. The Kier molecular flexibility index (Phi) is 4.37. The minimum atomic E-state index is -0.440. The fraction of sp³-hybridized carbons (Fsp3) is 0.188. The normalized spacial score (nSPS) is 11.8. The van der Waals surface area contributed by atoms with Crippen LogP contribution in [0.5, 0.6) is 0 Å². The molecule has 0 aliphatic heterocycles. The monoisotopic (exact) mass is 343 g/mol. The highest BCUT2D eigenvalue weighted by atomic mass is 32.2. The molecule has 3 aromatic rings. The van der Waals surface area contributed by atoms with Crippen LogP contribution in [-0.4, -0.2) is 21.9 Å². The van der Waals surface area contributed by atoms with Crippen LogP contribution < -0.4 is 4.80 Å². The summed E-state index contributed by atoms with van der Waals surface area (Å²) < 4.78 is 7.81. The van der Waals surface area contributed by atoms with Crippen molar-refractivity contribution in [3.63, 3.8) is 0 Å². The topological polar surface area (TPSA) is 60.4 Å². The number of nitrogens with zero attached hydrogens (tertiary/aromatic N) is 3. The Hall–Kier alpha value is -2.30. The fourth-order valence-corrected chi connectivity index (χ4v) is 3.70. The summed E-state index contributed by atoms with van der Waals surface area (Å²) in [6.07, 6.45) is 7.48. The quantitative estimate of drug-likeness (QED) is 0.542. The summed E-state index contributed by atoms with van der Waals surface area (Å²) in [6, 6.07) is 7.66. The number of fused-ring (bicyclic) bond motifs is 1. The molecule has 2 heterocycles. The van der Waals surface area contributed by atoms with Crippen molar-refractivity contribution in [1.29, 1.82) is 0 Å². The molecule has 0 saturated carbocycles. The third-order valence-electron chi connectivity index (χ3n) is 3.18. The molecular weight excluding hydrogens is 330 g/mol. The van der Waals surface area contributed by atoms with Gasteiger partial charge in [0.15, 0.2) is 10.5 Å². The van der Waals surface area contributed by atoms with E-state index in [9.17, 15) is 4.79 Å². The lowest BCUT2D eigenvalue weighted by Crippen LogP contribution is -2.16. The van der Waals surface area contributed by atoms with Gasteiger partial charge in [-0.25, -0.2) is 0 Å². The largest absolute Gasteiger partial charge is 0.361 e. The van der Waals surface area contributed by atoms with Gasteiger partial charge in [-0.15, -0.1) is 18.2 Å². The standard InChI is InChI=1S/C16H13N3O2S2/c1-4-7-19-13-6-5-11(22-3)9-14(13)23-16(19)17-15(20)12-8-10(2)21-18-12/h1,5-6,8-9H,7H2,2-3H3. The van der Waals surface area contributed by atoms with Crippen molar-refractivity contribution in [2.45, 2.75) is 18.4 Å². The molecular formula is C16H13N3O2S2. The molecule has 0 fully saturated rings. The summed E-state index contributed by atoms with van der Waals surface area (Å²) in [6.45, 7) is 2.08. The first-order valence-corrected chi connectivity index (χ1v) is 8.79. The molecule has 7 heteroatoms. The van der Waals surface area contributed by atoms with E-state index in [2.05, 4.69) is 22.1 Å². The predicted molar refractivity (Wildman–Crippen MR) is 91.6 cm³/mol. The lowest BCUT2D eigenvalue weighted by molar-refractivity contribution is 0.0989. The zero-order chi connectivity index (χ0) is 16.4. The second kappa shape index (κ2) is 6.44. The third-order valence-corrected chi connectivity index (χ3v) is 4.95. The van der Waals surface area contributed by atoms with Crippen molar-refractivity contribution < 1.29 is 9.32 Å². The van der Waals surface area contributed by atoms with Crippen LogP contribution >= 0.6 is 23.1 Å². The zero-order valence-electron chi connectivity index (χ0n) is 12.6. The van der Waals surface area contributed by atoms with E-state index in [1.54, 1.807) is 24.8 Å². The number of amides is 1. The van der Waals surface area contributed by atoms with E-state index >= 15 is 0 Å². The van der Waals surface area contributed by atoms with Gasteiger partial charge in [0.1, 0.15) is 5.76 Å². The molecule has 0 aliphatic rings. The van der Waals surface area contributed by atoms with Crippen LogP contribution in [0.4, 0.5) is 0 Å². The van der Waals surface area contributed by atoms with Gasteiger partial charge in [0.2, 0.25) is 0 Å². The number of aromatic nitrogens is 2. The van der Waals surface area contributed by atoms with Crippen LogP contribution in [0.25, 0.3) is 10.2 Å². The number of thiazole rings is 1. The van der Waals surface area contributed by atoms with Crippen LogP contribution in [0.1, 0.15) is 16.2 Å². The minimum Gasteiger partial charge on any atom is -0.361 e. The summed E-state index contributed by atoms with van der Waals surface area (Å²) in [5, 5.41) is 3.70. The number of thioether (sulfide) groups is 1. The van der Waals surface area contributed by atoms with Gasteiger partial charge in [-0.05, 0) is 31.4 Å². The Morgan fingerprint density at radius 3 is 3.00 bits per heavy atom. The van der Waals surface area contributed by atoms with Crippen LogP contribution in [0.3, 0.4) is 0 Å². The lowest BCUT2D eigenvalue weighted by atomic mass is 10.3. The van der Waals surface area contributed by atoms with Crippen molar-refractivity contribution in [3.05, 3.63) is 40.5 Å². The molecule has 0 saturated heterocycles. The van der Waals surface area contributed by atoms with E-state index in [-0.39, 0.29) is 5.69 Å². The molecule has 5 nitrogen and oxygen atoms in total. The van der Waals surface area contributed by atoms with E-state index in [1.165, 1.54) is 11.3 Å². The number of hydrogen-bond donors (Lipinski definition) is 0. The van der Waals surface area contributed by atoms with Crippen LogP contribution in [0.15, 0.2) is 38.7 Å². The molecule has 1 amide bonds. The van der Waals surface area contributed by atoms with E-state index in [1.807, 2.05) is 23.0 Å². The zero-order valence-corrected chi connectivity index (χ0v) is 14.2. The van der Waals surface area contributed by atoms with Crippen molar-refractivity contribution >= 4 is 39.2 Å². The van der Waals surface area contributed by atoms with Crippen LogP contribution in [0.2, 0.25) is 0 Å². The van der Waals surface area contributed by atoms with Crippen LogP contribution in [-0.2, 0) is 6.54 Å². The number of rotatable bonds is 3. The average molecular weight is 343 g/mol. The molecule has 0 radical (unpaired) electrons. The predicted octanol–water partition coefficient (Wildman–Crippen LogP) is 3.10. The number of hydrogen-bond acceptors (Lipinski definition) is 5. The van der Waals surface area contributed by atoms with Crippen molar-refractivity contribution in [1.82, 2.24) is 9.72 Å². The van der Waals surface area contributed by atoms with Gasteiger partial charge >= 0.3 is 5.91 Å². The number of aryl methyl sites for hydroxylation is 1. The van der Waals surface area contributed by atoms with Crippen molar-refractivity contribution in [2.75, 3.05) is 6.26 Å². The van der Waals surface area contributed by atoms with E-state index < -0.39 is 5.91 Å². The second-order valence-electron chi connectivity index (χ2n) is 4.75. The first-order chi connectivity index (χ1) is 11.1. The van der Waals surface area contributed by atoms with Gasteiger partial charge in [0, 0.05) is 11.0 Å². The highest BCUT2D eigenvalue weighted by Crippen LogP contribution is 2.24. The van der Waals surface area contributed by atoms with E-state index in [0.717, 1.165) is 15.1 Å². The highest BCUT2D eigenvalue weighted by Gasteiger charge is 2.12. The third kappa shape index (κ3) is 3.09. The van der Waals surface area contributed by atoms with Crippen LogP contribution in [0, 0.1) is 19.3 Å². The molecule has 0 N–H and O–H groups in total. The molecule has 0 spiro atoms. The first-order valence-electron chi connectivity index (χ1n) is 6.75. The number of terminal acetylenes is 1. The van der Waals surface area contributed by atoms with Crippen molar-refractivity contribution in [3.8, 4) is 12.3 Å². The summed E-state index contributed by atoms with van der Waals surface area (Å²) in [5.41, 5.74) is 1.16. The van der Waals surface area contributed by atoms with Gasteiger partial charge in [-0.1, -0.05) is 22.4 Å². The molecule has 0 atom stereocenters. The molecule has 0 aliphatic carbocycles. The first kappa shape index (κ1) is 15.6. The maximum Gasteiger partial charge on any atom is 0.301 e. The Morgan fingerprint density at radius 1 is 1.52 bits per heavy atom. The lowest BCUT2D eigenvalue weighted by Gasteiger charge is -2.00. The highest BCUT2D eigenvalue weighted by molar-refractivity contribution is 7.98. The van der Waals surface area contributed by atoms with Gasteiger partial charge in [-0.2, -0.15) is 4.99 Å². The molecule has 116 valence electrons. The molecule has 3 rings (SSSR count). The number of benzene rings is 1. The Morgan fingerprint density at radius 2 is 2.35 bits per heavy atom. The molecule has 0 bridgehead atoms. The molecule has 0 unspecified atom stereocenters. The van der Waals surface area contributed by atoms with E-state index in [4.69, 9.17) is 10.9 Å². The number of carbonyl (C=O) groups is 1. The smallest absolute Gasteiger partial charge is 0.301 e. The Labute approximate surface area is 141 Å². The molecule has 2 aromatic heterocycles. The maximum absolute atomic E-state index is 12.2. The summed E-state index contributed by atoms with van der Waals surface area (Å²) in [4.78, 5) is 18.1. The van der Waals surface area contributed by atoms with Gasteiger partial charge in [0.05, 0.1) is 16.8 Å². The second-order valence-corrected chi connectivity index (χ2v) is 6.64. The average Bonchev–Trinajstić information content (AvgIpc) is 3.11. The minimum absolute atomic E-state index is 0.192. The van der Waals surface area contributed by atoms with Gasteiger partial charge < -0.3 is 9.09 Å². The van der Waals surface area contributed by atoms with E-state index in [0.29, 0.717) is 17.1 Å². The summed E-state index contributed by atoms with van der Waals surface area (Å²) in [7, 11) is 0. The van der Waals surface area contributed by atoms with Crippen molar-refractivity contribution in [2.24, 2.45) is 4.99 Å². The van der Waals surface area contributed by atoms with Gasteiger partial charge in [-0.3, -0.25) is 4.79 Å². The van der Waals surface area contributed by atoms with Gasteiger partial charge in [0.25, 0.3) is 0 Å². The summed E-state index contributed by atoms with van der Waals surface area (Å²) in [5.74, 6) is 2.74. The maximum atomic E-state index is 12.2. The Balaban J connectivity index is 2.15. The fourth-order valence-electron chi connectivity index (χ4n) is 2.12. The SMILES string of the molecule is C#CCn1c(=NC(=O)c2cc(C)on2)sc2cc(SC)ccc21. The molecule has 1 aromatic carbocycles. The number of carbonyl (C=O) groups excluding carboxylic acids is 1. The molecule has 23 heavy (non-hydrogen) atoms.